The molecule has 0 aliphatic heterocycles. The van der Waals surface area contributed by atoms with Crippen molar-refractivity contribution in [3.05, 3.63) is 36.5 Å². The summed E-state index contributed by atoms with van der Waals surface area (Å²) in [5.74, 6) is -0.103. The molecular formula is C17H24O4. The second-order valence-electron chi connectivity index (χ2n) is 4.87. The SMILES string of the molecule is CCOC(=O)/C=C\[C@H]1C=C[C@@H](/C=C\C(=O)OCC)CCC1. The topological polar surface area (TPSA) is 52.6 Å². The van der Waals surface area contributed by atoms with Crippen molar-refractivity contribution in [1.29, 1.82) is 0 Å². The highest BCUT2D eigenvalue weighted by Gasteiger charge is 2.10. The molecule has 0 N–H and O–H groups in total. The van der Waals surface area contributed by atoms with Crippen LogP contribution < -0.4 is 0 Å². The van der Waals surface area contributed by atoms with E-state index in [4.69, 9.17) is 9.47 Å². The van der Waals surface area contributed by atoms with E-state index in [1.165, 1.54) is 12.2 Å². The fourth-order valence-corrected chi connectivity index (χ4v) is 2.17. The molecule has 1 aliphatic carbocycles. The van der Waals surface area contributed by atoms with Crippen molar-refractivity contribution in [1.82, 2.24) is 0 Å². The van der Waals surface area contributed by atoms with Crippen LogP contribution in [0.2, 0.25) is 0 Å². The maximum absolute atomic E-state index is 11.3. The summed E-state index contributed by atoms with van der Waals surface area (Å²) in [6.07, 6.45) is 14.0. The van der Waals surface area contributed by atoms with Gasteiger partial charge in [-0.15, -0.1) is 0 Å². The Hall–Kier alpha value is -1.84. The van der Waals surface area contributed by atoms with Crippen molar-refractivity contribution >= 4 is 11.9 Å². The summed E-state index contributed by atoms with van der Waals surface area (Å²) in [5.41, 5.74) is 0. The van der Waals surface area contributed by atoms with Gasteiger partial charge in [-0.05, 0) is 38.5 Å². The molecule has 4 heteroatoms. The highest BCUT2D eigenvalue weighted by atomic mass is 16.5. The number of hydrogen-bond donors (Lipinski definition) is 0. The highest BCUT2D eigenvalue weighted by molar-refractivity contribution is 5.82. The van der Waals surface area contributed by atoms with Crippen molar-refractivity contribution < 1.29 is 19.1 Å². The minimum Gasteiger partial charge on any atom is -0.463 e. The van der Waals surface area contributed by atoms with Crippen molar-refractivity contribution in [3.63, 3.8) is 0 Å². The molecule has 2 atom stereocenters. The van der Waals surface area contributed by atoms with Crippen molar-refractivity contribution in [2.45, 2.75) is 33.1 Å². The minimum atomic E-state index is -0.297. The van der Waals surface area contributed by atoms with Crippen molar-refractivity contribution in [3.8, 4) is 0 Å². The molecule has 0 fully saturated rings. The lowest BCUT2D eigenvalue weighted by molar-refractivity contribution is -0.138. The molecule has 0 aromatic rings. The average Bonchev–Trinajstić information content (AvgIpc) is 2.69. The van der Waals surface area contributed by atoms with E-state index in [1.54, 1.807) is 13.8 Å². The van der Waals surface area contributed by atoms with Gasteiger partial charge in [0, 0.05) is 12.2 Å². The molecule has 0 saturated heterocycles. The Morgan fingerprint density at radius 3 is 1.76 bits per heavy atom. The number of carbonyl (C=O) groups excluding carboxylic acids is 2. The van der Waals surface area contributed by atoms with Crippen LogP contribution in [0.15, 0.2) is 36.5 Å². The Morgan fingerprint density at radius 1 is 0.952 bits per heavy atom. The first-order chi connectivity index (χ1) is 10.2. The van der Waals surface area contributed by atoms with Gasteiger partial charge in [0.2, 0.25) is 0 Å². The molecule has 0 unspecified atom stereocenters. The molecule has 0 heterocycles. The van der Waals surface area contributed by atoms with Gasteiger partial charge in [-0.1, -0.05) is 30.7 Å². The third-order valence-corrected chi connectivity index (χ3v) is 3.21. The van der Waals surface area contributed by atoms with Gasteiger partial charge in [0.25, 0.3) is 0 Å². The summed E-state index contributed by atoms with van der Waals surface area (Å²) in [5, 5.41) is 0. The molecule has 1 rings (SSSR count). The third-order valence-electron chi connectivity index (χ3n) is 3.21. The average molecular weight is 292 g/mol. The number of ether oxygens (including phenoxy) is 2. The summed E-state index contributed by atoms with van der Waals surface area (Å²) in [6, 6.07) is 0. The predicted octanol–water partition coefficient (Wildman–Crippen LogP) is 3.20. The molecular weight excluding hydrogens is 268 g/mol. The molecule has 0 spiro atoms. The second-order valence-corrected chi connectivity index (χ2v) is 4.87. The zero-order valence-corrected chi connectivity index (χ0v) is 12.8. The van der Waals surface area contributed by atoms with Gasteiger partial charge in [0.05, 0.1) is 13.2 Å². The monoisotopic (exact) mass is 292 g/mol. The van der Waals surface area contributed by atoms with E-state index in [9.17, 15) is 9.59 Å². The number of esters is 2. The molecule has 0 aromatic heterocycles. The van der Waals surface area contributed by atoms with Gasteiger partial charge in [0.1, 0.15) is 0 Å². The van der Waals surface area contributed by atoms with Crippen LogP contribution in [0.5, 0.6) is 0 Å². The van der Waals surface area contributed by atoms with Crippen LogP contribution in [0.4, 0.5) is 0 Å². The van der Waals surface area contributed by atoms with Crippen LogP contribution in [0.25, 0.3) is 0 Å². The largest absolute Gasteiger partial charge is 0.463 e. The number of rotatable bonds is 6. The van der Waals surface area contributed by atoms with Crippen molar-refractivity contribution in [2.24, 2.45) is 11.8 Å². The quantitative estimate of drug-likeness (QED) is 0.428. The fourth-order valence-electron chi connectivity index (χ4n) is 2.17. The number of allylic oxidation sites excluding steroid dienone is 4. The van der Waals surface area contributed by atoms with E-state index >= 15 is 0 Å². The van der Waals surface area contributed by atoms with Crippen LogP contribution in [-0.4, -0.2) is 25.2 Å². The second kappa shape index (κ2) is 9.97. The first kappa shape index (κ1) is 17.2. The van der Waals surface area contributed by atoms with E-state index in [1.807, 2.05) is 12.2 Å². The number of carbonyl (C=O) groups is 2. The Bertz CT molecular complexity index is 383. The molecule has 0 saturated carbocycles. The molecule has 116 valence electrons. The van der Waals surface area contributed by atoms with Crippen molar-refractivity contribution in [2.75, 3.05) is 13.2 Å². The molecule has 21 heavy (non-hydrogen) atoms. The first-order valence-electron chi connectivity index (χ1n) is 7.54. The summed E-state index contributed by atoms with van der Waals surface area (Å²) in [4.78, 5) is 22.6. The van der Waals surface area contributed by atoms with Crippen LogP contribution in [0, 0.1) is 11.8 Å². The third kappa shape index (κ3) is 7.49. The van der Waals surface area contributed by atoms with Crippen LogP contribution in [0.1, 0.15) is 33.1 Å². The van der Waals surface area contributed by atoms with E-state index in [-0.39, 0.29) is 23.8 Å². The lowest BCUT2D eigenvalue weighted by atomic mass is 10.0. The standard InChI is InChI=1S/C17H24O4/c1-3-20-16(18)12-10-14-6-5-7-15(9-8-14)11-13-17(19)21-4-2/h8-15H,3-7H2,1-2H3/b12-10-,13-11-/t14-,15+. The molecule has 0 aromatic carbocycles. The number of hydrogen-bond acceptors (Lipinski definition) is 4. The van der Waals surface area contributed by atoms with E-state index in [2.05, 4.69) is 12.2 Å². The lowest BCUT2D eigenvalue weighted by Crippen LogP contribution is -2.00. The predicted molar refractivity (Wildman–Crippen MR) is 81.5 cm³/mol. The van der Waals surface area contributed by atoms with E-state index in [0.29, 0.717) is 13.2 Å². The highest BCUT2D eigenvalue weighted by Crippen LogP contribution is 2.23. The summed E-state index contributed by atoms with van der Waals surface area (Å²) < 4.78 is 9.72. The van der Waals surface area contributed by atoms with Crippen LogP contribution in [-0.2, 0) is 19.1 Å². The zero-order chi connectivity index (χ0) is 15.5. The molecule has 0 bridgehead atoms. The lowest BCUT2D eigenvalue weighted by Gasteiger charge is -2.04. The molecule has 0 radical (unpaired) electrons. The van der Waals surface area contributed by atoms with Crippen LogP contribution >= 0.6 is 0 Å². The zero-order valence-electron chi connectivity index (χ0n) is 12.8. The summed E-state index contributed by atoms with van der Waals surface area (Å²) in [6.45, 7) is 4.37. The Kier molecular flexibility index (Phi) is 8.17. The summed E-state index contributed by atoms with van der Waals surface area (Å²) >= 11 is 0. The molecule has 1 aliphatic rings. The van der Waals surface area contributed by atoms with Gasteiger partial charge in [0.15, 0.2) is 0 Å². The van der Waals surface area contributed by atoms with Gasteiger partial charge in [-0.2, -0.15) is 0 Å². The van der Waals surface area contributed by atoms with E-state index in [0.717, 1.165) is 19.3 Å². The van der Waals surface area contributed by atoms with Gasteiger partial charge < -0.3 is 9.47 Å². The molecule has 4 nitrogen and oxygen atoms in total. The fraction of sp³-hybridized carbons (Fsp3) is 0.529. The maximum atomic E-state index is 11.3. The smallest absolute Gasteiger partial charge is 0.330 e. The Labute approximate surface area is 126 Å². The van der Waals surface area contributed by atoms with E-state index < -0.39 is 0 Å². The summed E-state index contributed by atoms with van der Waals surface area (Å²) in [7, 11) is 0. The maximum Gasteiger partial charge on any atom is 0.330 e. The van der Waals surface area contributed by atoms with Gasteiger partial charge in [-0.25, -0.2) is 9.59 Å². The first-order valence-corrected chi connectivity index (χ1v) is 7.54. The Balaban J connectivity index is 2.50. The van der Waals surface area contributed by atoms with Gasteiger partial charge >= 0.3 is 11.9 Å². The Morgan fingerprint density at radius 2 is 1.38 bits per heavy atom. The van der Waals surface area contributed by atoms with Crippen LogP contribution in [0.3, 0.4) is 0 Å². The molecule has 0 amide bonds. The normalized spacial score (nSPS) is 22.4. The minimum absolute atomic E-state index is 0.246. The van der Waals surface area contributed by atoms with Gasteiger partial charge in [-0.3, -0.25) is 0 Å².